The minimum atomic E-state index is -0.353. The maximum Gasteiger partial charge on any atom is 0.139 e. The zero-order chi connectivity index (χ0) is 15.7. The van der Waals surface area contributed by atoms with Crippen LogP contribution in [0.2, 0.25) is 0 Å². The third-order valence-corrected chi connectivity index (χ3v) is 8.21. The van der Waals surface area contributed by atoms with Gasteiger partial charge in [0.05, 0.1) is 6.10 Å². The van der Waals surface area contributed by atoms with E-state index in [4.69, 9.17) is 0 Å². The van der Waals surface area contributed by atoms with Gasteiger partial charge in [0.25, 0.3) is 0 Å². The predicted octanol–water partition coefficient (Wildman–Crippen LogP) is 3.14. The summed E-state index contributed by atoms with van der Waals surface area (Å²) in [5.74, 6) is 2.47. The van der Waals surface area contributed by atoms with Crippen molar-refractivity contribution in [3.05, 3.63) is 0 Å². The molecule has 0 spiro atoms. The molecule has 1 N–H and O–H groups in total. The molecule has 0 heterocycles. The molecule has 0 aromatic carbocycles. The molecule has 7 atom stereocenters. The zero-order valence-electron chi connectivity index (χ0n) is 13.8. The van der Waals surface area contributed by atoms with Crippen LogP contribution in [0.5, 0.6) is 0 Å². The first kappa shape index (κ1) is 14.9. The third-order valence-electron chi connectivity index (χ3n) is 8.21. The average Bonchev–Trinajstić information content (AvgIpc) is 2.77. The van der Waals surface area contributed by atoms with E-state index in [1.165, 1.54) is 0 Å². The number of ketones is 2. The Hall–Kier alpha value is -0.700. The molecule has 4 unspecified atom stereocenters. The Morgan fingerprint density at radius 1 is 1.00 bits per heavy atom. The second-order valence-electron chi connectivity index (χ2n) is 8.95. The first-order chi connectivity index (χ1) is 10.4. The molecule has 4 rings (SSSR count). The van der Waals surface area contributed by atoms with Crippen molar-refractivity contribution in [1.82, 2.24) is 0 Å². The Morgan fingerprint density at radius 3 is 2.55 bits per heavy atom. The Labute approximate surface area is 132 Å². The molecule has 4 aliphatic rings. The summed E-state index contributed by atoms with van der Waals surface area (Å²) in [6.45, 7) is 4.50. The van der Waals surface area contributed by atoms with Crippen LogP contribution in [0.25, 0.3) is 0 Å². The number of Topliss-reactive ketones (excluding diaryl/α,β-unsaturated/α-hetero) is 2. The van der Waals surface area contributed by atoms with Gasteiger partial charge < -0.3 is 5.11 Å². The van der Waals surface area contributed by atoms with E-state index >= 15 is 0 Å². The smallest absolute Gasteiger partial charge is 0.139 e. The Kier molecular flexibility index (Phi) is 3.15. The fourth-order valence-electron chi connectivity index (χ4n) is 6.86. The first-order valence-electron chi connectivity index (χ1n) is 9.09. The minimum absolute atomic E-state index is 0.100. The van der Waals surface area contributed by atoms with Gasteiger partial charge in [0.2, 0.25) is 0 Å². The topological polar surface area (TPSA) is 54.4 Å². The van der Waals surface area contributed by atoms with Crippen LogP contribution in [0.4, 0.5) is 0 Å². The number of hydrogen-bond donors (Lipinski definition) is 1. The van der Waals surface area contributed by atoms with Crippen molar-refractivity contribution in [3.63, 3.8) is 0 Å². The highest BCUT2D eigenvalue weighted by atomic mass is 16.3. The summed E-state index contributed by atoms with van der Waals surface area (Å²) in [7, 11) is 0. The van der Waals surface area contributed by atoms with Crippen molar-refractivity contribution in [1.29, 1.82) is 0 Å². The van der Waals surface area contributed by atoms with Crippen LogP contribution >= 0.6 is 0 Å². The number of aliphatic hydroxyl groups is 1. The quantitative estimate of drug-likeness (QED) is 0.748. The largest absolute Gasteiger partial charge is 0.393 e. The molecule has 4 saturated carbocycles. The highest BCUT2D eigenvalue weighted by Gasteiger charge is 2.62. The van der Waals surface area contributed by atoms with Crippen LogP contribution in [-0.2, 0) is 9.59 Å². The van der Waals surface area contributed by atoms with Crippen molar-refractivity contribution >= 4 is 11.6 Å². The summed E-state index contributed by atoms with van der Waals surface area (Å²) in [6, 6.07) is 0. The molecular formula is C19H28O3. The first-order valence-corrected chi connectivity index (χ1v) is 9.09. The summed E-state index contributed by atoms with van der Waals surface area (Å²) in [5.41, 5.74) is -0.0300. The lowest BCUT2D eigenvalue weighted by Gasteiger charge is -2.60. The Bertz CT molecular complexity index is 527. The fourth-order valence-corrected chi connectivity index (χ4v) is 6.86. The van der Waals surface area contributed by atoms with E-state index in [1.54, 1.807) is 0 Å². The van der Waals surface area contributed by atoms with Crippen molar-refractivity contribution < 1.29 is 14.7 Å². The standard InChI is InChI=1S/C19H28O3/c1-18-7-5-11(20)9-15(18)16(21)10-12-13-3-4-17(22)19(13,2)8-6-14(12)18/h12-16,21H,3-10H2,1-2H3/t12?,13?,14?,15?,16-,18+,19-/m0/s1. The number of carbonyl (C=O) groups is 2. The molecule has 4 fully saturated rings. The van der Waals surface area contributed by atoms with Gasteiger partial charge in [-0.3, -0.25) is 9.59 Å². The number of aliphatic hydroxyl groups excluding tert-OH is 1. The highest BCUT2D eigenvalue weighted by molar-refractivity contribution is 5.87. The maximum absolute atomic E-state index is 12.4. The van der Waals surface area contributed by atoms with E-state index in [1.807, 2.05) is 0 Å². The van der Waals surface area contributed by atoms with E-state index in [-0.39, 0.29) is 22.9 Å². The van der Waals surface area contributed by atoms with E-state index < -0.39 is 0 Å². The van der Waals surface area contributed by atoms with E-state index in [9.17, 15) is 14.7 Å². The molecule has 4 aliphatic carbocycles. The second kappa shape index (κ2) is 4.66. The van der Waals surface area contributed by atoms with Gasteiger partial charge in [-0.05, 0) is 61.2 Å². The second-order valence-corrected chi connectivity index (χ2v) is 8.95. The number of fused-ring (bicyclic) bond motifs is 5. The van der Waals surface area contributed by atoms with E-state index in [0.29, 0.717) is 42.2 Å². The van der Waals surface area contributed by atoms with Crippen molar-refractivity contribution in [3.8, 4) is 0 Å². The normalized spacial score (nSPS) is 54.6. The molecular weight excluding hydrogens is 276 g/mol. The summed E-state index contributed by atoms with van der Waals surface area (Å²) in [4.78, 5) is 24.3. The summed E-state index contributed by atoms with van der Waals surface area (Å²) < 4.78 is 0. The molecule has 3 nitrogen and oxygen atoms in total. The van der Waals surface area contributed by atoms with Crippen molar-refractivity contribution in [2.45, 2.75) is 71.3 Å². The average molecular weight is 304 g/mol. The molecule has 0 aliphatic heterocycles. The highest BCUT2D eigenvalue weighted by Crippen LogP contribution is 2.65. The molecule has 3 heteroatoms. The van der Waals surface area contributed by atoms with Gasteiger partial charge in [0.1, 0.15) is 11.6 Å². The SMILES string of the molecule is C[C@]12CCC(=O)CC1[C@@H](O)CC1C2CC[C@]2(C)C(=O)CCC12. The van der Waals surface area contributed by atoms with Gasteiger partial charge in [-0.25, -0.2) is 0 Å². The molecule has 0 amide bonds. The van der Waals surface area contributed by atoms with Gasteiger partial charge in [0.15, 0.2) is 0 Å². The maximum atomic E-state index is 12.4. The Balaban J connectivity index is 1.69. The van der Waals surface area contributed by atoms with E-state index in [0.717, 1.165) is 38.5 Å². The lowest BCUT2D eigenvalue weighted by atomic mass is 9.44. The predicted molar refractivity (Wildman–Crippen MR) is 83.1 cm³/mol. The summed E-state index contributed by atoms with van der Waals surface area (Å²) >= 11 is 0. The summed E-state index contributed by atoms with van der Waals surface area (Å²) in [6.07, 6.45) is 6.53. The monoisotopic (exact) mass is 304 g/mol. The van der Waals surface area contributed by atoms with Crippen LogP contribution in [-0.4, -0.2) is 22.8 Å². The zero-order valence-corrected chi connectivity index (χ0v) is 13.8. The van der Waals surface area contributed by atoms with Gasteiger partial charge >= 0.3 is 0 Å². The van der Waals surface area contributed by atoms with Crippen LogP contribution < -0.4 is 0 Å². The van der Waals surface area contributed by atoms with Crippen LogP contribution in [0, 0.1) is 34.5 Å². The lowest BCUT2D eigenvalue weighted by molar-refractivity contribution is -0.165. The number of carbonyl (C=O) groups excluding carboxylic acids is 2. The molecule has 0 saturated heterocycles. The minimum Gasteiger partial charge on any atom is -0.393 e. The van der Waals surface area contributed by atoms with Gasteiger partial charge in [-0.2, -0.15) is 0 Å². The van der Waals surface area contributed by atoms with Crippen molar-refractivity contribution in [2.75, 3.05) is 0 Å². The van der Waals surface area contributed by atoms with Crippen molar-refractivity contribution in [2.24, 2.45) is 34.5 Å². The molecule has 0 radical (unpaired) electrons. The number of hydrogen-bond acceptors (Lipinski definition) is 3. The summed E-state index contributed by atoms with van der Waals surface area (Å²) in [5, 5.41) is 10.8. The van der Waals surface area contributed by atoms with Crippen LogP contribution in [0.1, 0.15) is 65.2 Å². The van der Waals surface area contributed by atoms with Gasteiger partial charge in [0, 0.05) is 24.7 Å². The van der Waals surface area contributed by atoms with Crippen LogP contribution in [0.3, 0.4) is 0 Å². The molecule has 0 aromatic rings. The molecule has 22 heavy (non-hydrogen) atoms. The molecule has 0 aromatic heterocycles. The lowest BCUT2D eigenvalue weighted by Crippen LogP contribution is -2.57. The Morgan fingerprint density at radius 2 is 1.77 bits per heavy atom. The van der Waals surface area contributed by atoms with E-state index in [2.05, 4.69) is 13.8 Å². The van der Waals surface area contributed by atoms with Gasteiger partial charge in [-0.15, -0.1) is 0 Å². The van der Waals surface area contributed by atoms with Gasteiger partial charge in [-0.1, -0.05) is 13.8 Å². The number of rotatable bonds is 0. The third kappa shape index (κ3) is 1.78. The molecule has 0 bridgehead atoms. The molecule has 122 valence electrons. The fraction of sp³-hybridized carbons (Fsp3) is 0.895. The van der Waals surface area contributed by atoms with Crippen LogP contribution in [0.15, 0.2) is 0 Å².